The molecule has 149 heavy (non-hydrogen) atoms. The van der Waals surface area contributed by atoms with Crippen LogP contribution in [0.5, 0.6) is 11.6 Å². The van der Waals surface area contributed by atoms with Gasteiger partial charge in [-0.15, -0.1) is 0 Å². The molecule has 3 amide bonds. The molecule has 0 radical (unpaired) electrons. The Balaban J connectivity index is 0.705. The first-order valence-electron chi connectivity index (χ1n) is 51.4. The number of nitrogens with zero attached hydrogens (tertiary/aromatic N) is 5. The number of H-pyrrole nitrogens is 1. The molecule has 46 heteroatoms. The minimum Gasteiger partial charge on any atom is -0.484 e. The molecule has 1 unspecified atom stereocenters. The van der Waals surface area contributed by atoms with E-state index in [-0.39, 0.29) is 145 Å². The standard InChI is InChI=1S/C103H162N10O36/c1-5-113(6-2)85-14-18-91-93(74-85)149-94-76-92(116)89-17-16-88(75-90(89)98(94)109-91)147-78-97(119)112-103(80-145-28-21-95(117)105-23-30-124-38-42-130-46-44-126-34-32-120-3,81-146-29-22-96(118)106-24-31-125-39-43-131-50-53-135-58-61-139-63-62-136-55-54-132-47-45-127-35-33-121-4)79-144-27-20-86(114)8-7-25-122-36-40-128-48-51-133-56-59-137-64-66-140-68-70-142-72-73-143-71-69-141-67-65-138-60-57-134-52-49-129-41-37-123-26-19-87(115)15-13-83-9-11-84(12-10-83)77-148-101-99-100(108-82-107-99)110-102(104)111-101/h9-12,14,16-18,74-76,82H,5-8,13,15,19-73,77-81H2,1-4H3,(H,105,117)(H,106,118)(H,112,119)(H3,104,107,108,110,111). The van der Waals surface area contributed by atoms with Crippen molar-refractivity contribution in [2.45, 2.75) is 77.4 Å². The van der Waals surface area contributed by atoms with E-state index in [2.05, 4.69) is 54.6 Å². The highest BCUT2D eigenvalue weighted by Gasteiger charge is 2.35. The fourth-order valence-corrected chi connectivity index (χ4v) is 13.8. The molecular formula is C103H162N10O36. The number of amides is 3. The van der Waals surface area contributed by atoms with Crippen molar-refractivity contribution >= 4 is 74.0 Å². The number of carbonyl (C=O) groups is 5. The second-order valence-corrected chi connectivity index (χ2v) is 33.2. The summed E-state index contributed by atoms with van der Waals surface area (Å²) >= 11 is 0. The number of rotatable bonds is 104. The monoisotopic (exact) mass is 2120 g/mol. The smallest absolute Gasteiger partial charge is 0.258 e. The topological polar surface area (TPSA) is 516 Å². The van der Waals surface area contributed by atoms with Gasteiger partial charge < -0.3 is 173 Å². The van der Waals surface area contributed by atoms with Crippen molar-refractivity contribution in [1.29, 1.82) is 0 Å². The number of methoxy groups -OCH3 is 2. The van der Waals surface area contributed by atoms with E-state index in [0.717, 1.165) is 29.9 Å². The van der Waals surface area contributed by atoms with Gasteiger partial charge >= 0.3 is 0 Å². The minimum atomic E-state index is -1.48. The summed E-state index contributed by atoms with van der Waals surface area (Å²) in [5.41, 5.74) is 9.49. The Labute approximate surface area is 872 Å². The van der Waals surface area contributed by atoms with Crippen LogP contribution in [0.15, 0.2) is 82.3 Å². The lowest BCUT2D eigenvalue weighted by Crippen LogP contribution is -2.59. The number of carbonyl (C=O) groups excluding carboxylic acids is 5. The molecular weight excluding hydrogens is 1950 g/mol. The molecule has 0 fully saturated rings. The Morgan fingerprint density at radius 2 is 0.772 bits per heavy atom. The van der Waals surface area contributed by atoms with Crippen LogP contribution >= 0.6 is 0 Å². The molecule has 1 aliphatic carbocycles. The Morgan fingerprint density at radius 3 is 1.20 bits per heavy atom. The number of ketones is 2. The highest BCUT2D eigenvalue weighted by atomic mass is 16.6. The number of imidazole rings is 1. The molecule has 46 nitrogen and oxygen atoms in total. The van der Waals surface area contributed by atoms with Crippen LogP contribution in [-0.4, -0.2) is 450 Å². The van der Waals surface area contributed by atoms with Crippen molar-refractivity contribution in [3.05, 3.63) is 94.4 Å². The van der Waals surface area contributed by atoms with E-state index in [1.54, 1.807) is 32.4 Å². The van der Waals surface area contributed by atoms with E-state index in [4.69, 9.17) is 153 Å². The summed E-state index contributed by atoms with van der Waals surface area (Å²) in [6.45, 7) is 23.5. The molecule has 7 rings (SSSR count). The lowest BCUT2D eigenvalue weighted by molar-refractivity contribution is -0.132. The first-order chi connectivity index (χ1) is 73.3. The Kier molecular flexibility index (Phi) is 72.7. The van der Waals surface area contributed by atoms with Crippen LogP contribution in [0.2, 0.25) is 0 Å². The first-order valence-corrected chi connectivity index (χ1v) is 51.4. The van der Waals surface area contributed by atoms with Gasteiger partial charge in [0.25, 0.3) is 5.91 Å². The predicted octanol–water partition coefficient (Wildman–Crippen LogP) is 5.41. The lowest BCUT2D eigenvalue weighted by Gasteiger charge is -2.34. The number of benzene rings is 4. The van der Waals surface area contributed by atoms with Crippen molar-refractivity contribution in [3.63, 3.8) is 0 Å². The average Bonchev–Trinajstić information content (AvgIpc) is 1.01. The van der Waals surface area contributed by atoms with E-state index < -0.39 is 18.1 Å². The molecule has 1 aliphatic heterocycles. The summed E-state index contributed by atoms with van der Waals surface area (Å²) in [6.07, 6.45) is 3.49. The van der Waals surface area contributed by atoms with Gasteiger partial charge in [0.15, 0.2) is 34.5 Å². The maximum atomic E-state index is 14.4. The van der Waals surface area contributed by atoms with Crippen LogP contribution in [0, 0.1) is 0 Å². The predicted molar refractivity (Wildman–Crippen MR) is 547 cm³/mol. The number of hydrogen-bond donors (Lipinski definition) is 5. The quantitative estimate of drug-likeness (QED) is 0.0181. The molecule has 840 valence electrons. The summed E-state index contributed by atoms with van der Waals surface area (Å²) in [5.74, 6) is -0.283. The number of hydrogen-bond acceptors (Lipinski definition) is 42. The van der Waals surface area contributed by atoms with Crippen molar-refractivity contribution < 1.29 is 166 Å². The minimum absolute atomic E-state index is 0.0314. The number of nitrogens with two attached hydrogens (primary N) is 1. The number of fused-ring (bicyclic) bond motifs is 5. The maximum Gasteiger partial charge on any atom is 0.258 e. The zero-order chi connectivity index (χ0) is 106. The van der Waals surface area contributed by atoms with Crippen molar-refractivity contribution in [2.75, 3.05) is 401 Å². The molecule has 5 aromatic rings. The van der Waals surface area contributed by atoms with Gasteiger partial charge in [0.2, 0.25) is 23.6 Å². The van der Waals surface area contributed by atoms with E-state index in [1.165, 1.54) is 12.4 Å². The summed E-state index contributed by atoms with van der Waals surface area (Å²) < 4.78 is 169. The van der Waals surface area contributed by atoms with E-state index in [0.29, 0.717) is 361 Å². The summed E-state index contributed by atoms with van der Waals surface area (Å²) in [7, 11) is 3.23. The normalized spacial score (nSPS) is 12.1. The highest BCUT2D eigenvalue weighted by molar-refractivity contribution is 5.97. The van der Waals surface area contributed by atoms with Crippen LogP contribution in [0.3, 0.4) is 0 Å². The van der Waals surface area contributed by atoms with E-state index in [9.17, 15) is 28.8 Å². The Bertz CT molecular complexity index is 4580. The number of nitrogen functional groups attached to an aromatic ring is 1. The van der Waals surface area contributed by atoms with Crippen LogP contribution in [0.1, 0.15) is 69.9 Å². The zero-order valence-corrected chi connectivity index (χ0v) is 87.6. The third kappa shape index (κ3) is 60.9. The van der Waals surface area contributed by atoms with Gasteiger partial charge in [-0.1, -0.05) is 24.3 Å². The van der Waals surface area contributed by atoms with Crippen LogP contribution in [0.4, 0.5) is 11.6 Å². The van der Waals surface area contributed by atoms with Gasteiger partial charge in [0, 0.05) is 114 Å². The second-order valence-electron chi connectivity index (χ2n) is 33.2. The molecule has 0 saturated carbocycles. The SMILES string of the molecule is CCN(CC)c1ccc2nc3c4cc(OCC(=O)NC(COCCC(=O)CCCOCCOCCOCCOCCOCCOCCOCCOCCOCCOCCOCCOCCC(=O)CCc5ccc(COc6nc(N)nc7[nH]cnc67)cc5)(COCCC(=O)NCCOCCOCCOCCOC)COCCC(=O)NCCOCCOCCOCCOCCOCCOCCOCCOC)ccc4c(=O)cc-3oc2c1. The van der Waals surface area contributed by atoms with Crippen molar-refractivity contribution in [3.8, 4) is 23.1 Å². The number of aromatic nitrogens is 5. The third-order valence-electron chi connectivity index (χ3n) is 21.6. The molecule has 0 bridgehead atoms. The molecule has 3 aromatic carbocycles. The molecule has 0 spiro atoms. The number of aryl methyl sites for hydroxylation is 1. The van der Waals surface area contributed by atoms with Gasteiger partial charge in [0.05, 0.1) is 343 Å². The van der Waals surface area contributed by atoms with Crippen molar-refractivity contribution in [2.24, 2.45) is 0 Å². The summed E-state index contributed by atoms with van der Waals surface area (Å²) in [6, 6.07) is 19.9. The van der Waals surface area contributed by atoms with E-state index >= 15 is 0 Å². The van der Waals surface area contributed by atoms with Gasteiger partial charge in [0.1, 0.15) is 40.7 Å². The number of aromatic amines is 1. The highest BCUT2D eigenvalue weighted by Crippen LogP contribution is 2.34. The Morgan fingerprint density at radius 1 is 0.383 bits per heavy atom. The van der Waals surface area contributed by atoms with Gasteiger partial charge in [-0.2, -0.15) is 9.97 Å². The fraction of sp³-hybridized carbons (Fsp3) is 0.689. The van der Waals surface area contributed by atoms with Gasteiger partial charge in [-0.05, 0) is 68.1 Å². The van der Waals surface area contributed by atoms with E-state index in [1.807, 2.05) is 42.5 Å². The molecule has 2 aliphatic rings. The van der Waals surface area contributed by atoms with Crippen LogP contribution < -0.4 is 41.5 Å². The number of nitrogens with one attached hydrogen (secondary N) is 4. The molecule has 2 aromatic heterocycles. The van der Waals surface area contributed by atoms with Gasteiger partial charge in [-0.25, -0.2) is 9.97 Å². The first kappa shape index (κ1) is 127. The van der Waals surface area contributed by atoms with Crippen LogP contribution in [-0.2, 0) is 165 Å². The fourth-order valence-electron chi connectivity index (χ4n) is 13.8. The van der Waals surface area contributed by atoms with Gasteiger partial charge in [-0.3, -0.25) is 28.8 Å². The molecule has 6 N–H and O–H groups in total. The molecule has 3 heterocycles. The molecule has 1 atom stereocenters. The molecule has 0 saturated heterocycles. The number of ether oxygens (including phenoxy) is 29. The van der Waals surface area contributed by atoms with Crippen LogP contribution in [0.25, 0.3) is 44.5 Å². The third-order valence-corrected chi connectivity index (χ3v) is 21.6. The largest absolute Gasteiger partial charge is 0.484 e. The lowest BCUT2D eigenvalue weighted by atomic mass is 10.0. The summed E-state index contributed by atoms with van der Waals surface area (Å²) in [5, 5.41) is 9.48. The Hall–Kier alpha value is -9.04. The number of Topliss-reactive ketones (excluding diaryl/α,β-unsaturated/α-hetero) is 2. The van der Waals surface area contributed by atoms with Crippen molar-refractivity contribution in [1.82, 2.24) is 40.9 Å². The number of anilines is 2. The second kappa shape index (κ2) is 85.4. The zero-order valence-electron chi connectivity index (χ0n) is 87.6. The average molecular weight is 2120 g/mol. The summed E-state index contributed by atoms with van der Waals surface area (Å²) in [4.78, 5) is 102. The maximum absolute atomic E-state index is 14.4.